The molecule has 0 unspecified atom stereocenters. The molecule has 2 aromatic carbocycles. The third-order valence-corrected chi connectivity index (χ3v) is 8.36. The molecule has 0 aliphatic carbocycles. The van der Waals surface area contributed by atoms with Crippen LogP contribution in [0.1, 0.15) is 43.6 Å². The molecule has 0 saturated heterocycles. The summed E-state index contributed by atoms with van der Waals surface area (Å²) < 4.78 is 34.3. The molecule has 11 heteroatoms. The van der Waals surface area contributed by atoms with Crippen LogP contribution in [0, 0.1) is 12.8 Å². The Kier molecular flexibility index (Phi) is 9.40. The first kappa shape index (κ1) is 29.4. The highest BCUT2D eigenvalue weighted by molar-refractivity contribution is 7.89. The fourth-order valence-electron chi connectivity index (χ4n) is 4.22. The van der Waals surface area contributed by atoms with Gasteiger partial charge in [-0.05, 0) is 52.0 Å². The lowest BCUT2D eigenvalue weighted by atomic mass is 9.99. The van der Waals surface area contributed by atoms with Gasteiger partial charge in [-0.2, -0.15) is 4.31 Å². The summed E-state index contributed by atoms with van der Waals surface area (Å²) in [6.45, 7) is 9.15. The Morgan fingerprint density at radius 2 is 1.84 bits per heavy atom. The van der Waals surface area contributed by atoms with Crippen LogP contribution in [0.3, 0.4) is 0 Å². The Bertz CT molecular complexity index is 1250. The molecule has 2 aromatic rings. The summed E-state index contributed by atoms with van der Waals surface area (Å²) in [6.07, 6.45) is -0.670. The maximum Gasteiger partial charge on any atom is 0.319 e. The molecule has 0 fully saturated rings. The van der Waals surface area contributed by atoms with Crippen molar-refractivity contribution in [3.8, 4) is 5.75 Å². The number of sulfonamides is 1. The third kappa shape index (κ3) is 6.64. The number of carbonyl (C=O) groups is 2. The summed E-state index contributed by atoms with van der Waals surface area (Å²) in [4.78, 5) is 27.8. The van der Waals surface area contributed by atoms with Crippen molar-refractivity contribution >= 4 is 27.6 Å². The fourth-order valence-corrected chi connectivity index (χ4v) is 5.41. The van der Waals surface area contributed by atoms with Gasteiger partial charge in [0, 0.05) is 25.6 Å². The fraction of sp³-hybridized carbons (Fsp3) is 0.481. The number of amides is 3. The second kappa shape index (κ2) is 12.1. The van der Waals surface area contributed by atoms with Crippen molar-refractivity contribution in [2.24, 2.45) is 5.92 Å². The second-order valence-electron chi connectivity index (χ2n) is 10.2. The lowest BCUT2D eigenvalue weighted by Gasteiger charge is -2.38. The Labute approximate surface area is 225 Å². The van der Waals surface area contributed by atoms with Crippen LogP contribution in [-0.4, -0.2) is 79.6 Å². The van der Waals surface area contributed by atoms with Crippen molar-refractivity contribution < 1.29 is 27.9 Å². The van der Waals surface area contributed by atoms with E-state index in [1.54, 1.807) is 54.3 Å². The first-order valence-electron chi connectivity index (χ1n) is 12.7. The van der Waals surface area contributed by atoms with Crippen LogP contribution < -0.4 is 15.4 Å². The van der Waals surface area contributed by atoms with Gasteiger partial charge in [0.15, 0.2) is 5.75 Å². The van der Waals surface area contributed by atoms with E-state index in [0.29, 0.717) is 0 Å². The van der Waals surface area contributed by atoms with Crippen molar-refractivity contribution in [3.05, 3.63) is 53.6 Å². The molecule has 0 saturated carbocycles. The molecule has 3 amide bonds. The maximum absolute atomic E-state index is 13.6. The average Bonchev–Trinajstić information content (AvgIpc) is 2.85. The molecule has 1 aliphatic rings. The van der Waals surface area contributed by atoms with E-state index in [-0.39, 0.29) is 59.5 Å². The zero-order valence-electron chi connectivity index (χ0n) is 22.8. The van der Waals surface area contributed by atoms with Crippen LogP contribution >= 0.6 is 0 Å². The smallest absolute Gasteiger partial charge is 0.319 e. The molecule has 1 aliphatic heterocycles. The van der Waals surface area contributed by atoms with Crippen molar-refractivity contribution in [3.63, 3.8) is 0 Å². The van der Waals surface area contributed by atoms with E-state index in [2.05, 4.69) is 10.6 Å². The Morgan fingerprint density at radius 3 is 2.45 bits per heavy atom. The van der Waals surface area contributed by atoms with Crippen molar-refractivity contribution in [2.45, 2.75) is 57.7 Å². The highest BCUT2D eigenvalue weighted by Crippen LogP contribution is 2.35. The lowest BCUT2D eigenvalue weighted by molar-refractivity contribution is 0.0389. The minimum atomic E-state index is -3.81. The third-order valence-electron chi connectivity index (χ3n) is 6.53. The number of nitrogens with one attached hydrogen (secondary N) is 2. The predicted molar refractivity (Wildman–Crippen MR) is 146 cm³/mol. The quantitative estimate of drug-likeness (QED) is 0.467. The van der Waals surface area contributed by atoms with Crippen molar-refractivity contribution in [2.75, 3.05) is 32.1 Å². The van der Waals surface area contributed by atoms with E-state index < -0.39 is 28.2 Å². The van der Waals surface area contributed by atoms with Crippen LogP contribution in [0.2, 0.25) is 0 Å². The number of aliphatic hydroxyl groups excluding tert-OH is 1. The zero-order valence-corrected chi connectivity index (χ0v) is 23.6. The number of hydrogen-bond donors (Lipinski definition) is 3. The summed E-state index contributed by atoms with van der Waals surface area (Å²) in [5, 5.41) is 15.3. The molecule has 3 rings (SSSR count). The number of carbonyl (C=O) groups excluding carboxylic acids is 2. The molecular weight excluding hydrogens is 508 g/mol. The number of benzene rings is 2. The van der Waals surface area contributed by atoms with Gasteiger partial charge in [0.2, 0.25) is 10.0 Å². The van der Waals surface area contributed by atoms with Gasteiger partial charge in [0.05, 0.1) is 35.3 Å². The summed E-state index contributed by atoms with van der Waals surface area (Å²) in [6, 6.07) is 10.4. The van der Waals surface area contributed by atoms with E-state index >= 15 is 0 Å². The first-order chi connectivity index (χ1) is 17.8. The van der Waals surface area contributed by atoms with Gasteiger partial charge in [-0.25, -0.2) is 13.2 Å². The van der Waals surface area contributed by atoms with Crippen LogP contribution in [0.5, 0.6) is 5.75 Å². The summed E-state index contributed by atoms with van der Waals surface area (Å²) in [7, 11) is -2.32. The van der Waals surface area contributed by atoms with Crippen LogP contribution in [0.4, 0.5) is 10.5 Å². The Balaban J connectivity index is 2.02. The molecule has 1 heterocycles. The van der Waals surface area contributed by atoms with Gasteiger partial charge in [0.25, 0.3) is 5.91 Å². The molecule has 0 spiro atoms. The molecule has 10 nitrogen and oxygen atoms in total. The number of fused-ring (bicyclic) bond motifs is 1. The molecule has 208 valence electrons. The van der Waals surface area contributed by atoms with Gasteiger partial charge in [0.1, 0.15) is 6.10 Å². The minimum Gasteiger partial charge on any atom is -0.486 e. The number of aliphatic hydroxyl groups is 1. The number of para-hydroxylation sites is 1. The number of ether oxygens (including phenoxy) is 1. The van der Waals surface area contributed by atoms with Crippen LogP contribution in [-0.2, 0) is 10.0 Å². The molecule has 3 atom stereocenters. The summed E-state index contributed by atoms with van der Waals surface area (Å²) >= 11 is 0. The van der Waals surface area contributed by atoms with Gasteiger partial charge >= 0.3 is 6.03 Å². The largest absolute Gasteiger partial charge is 0.486 e. The van der Waals surface area contributed by atoms with E-state index in [0.717, 1.165) is 5.56 Å². The number of nitrogens with zero attached hydrogens (tertiary/aromatic N) is 2. The molecule has 38 heavy (non-hydrogen) atoms. The number of anilines is 1. The van der Waals surface area contributed by atoms with Gasteiger partial charge in [-0.1, -0.05) is 30.7 Å². The highest BCUT2D eigenvalue weighted by atomic mass is 32.2. The monoisotopic (exact) mass is 546 g/mol. The minimum absolute atomic E-state index is 0.00111. The number of likely N-dealkylation sites (N-methyl/N-ethyl adjacent to an activating group) is 1. The number of urea groups is 1. The van der Waals surface area contributed by atoms with Crippen LogP contribution in [0.15, 0.2) is 47.4 Å². The summed E-state index contributed by atoms with van der Waals surface area (Å²) in [5.41, 5.74) is 1.45. The second-order valence-corrected chi connectivity index (χ2v) is 12.2. The zero-order chi connectivity index (χ0) is 28.2. The normalized spacial score (nSPS) is 18.9. The maximum atomic E-state index is 13.6. The Morgan fingerprint density at radius 1 is 1.18 bits per heavy atom. The lowest BCUT2D eigenvalue weighted by Crippen LogP contribution is -2.50. The average molecular weight is 547 g/mol. The van der Waals surface area contributed by atoms with Gasteiger partial charge in [-0.3, -0.25) is 4.79 Å². The topological polar surface area (TPSA) is 128 Å². The van der Waals surface area contributed by atoms with E-state index in [9.17, 15) is 23.1 Å². The van der Waals surface area contributed by atoms with Crippen molar-refractivity contribution in [1.82, 2.24) is 14.5 Å². The SMILES string of the molecule is Cc1ccc(S(=O)(=O)N(C)C[C@@H]2Oc3c(NC(=O)NC(C)C)cccc3C(=O)N([C@@H](C)CO)C[C@@H]2C)cc1. The number of aryl methyl sites for hydroxylation is 1. The molecular formula is C27H38N4O6S. The molecule has 0 aromatic heterocycles. The molecule has 3 N–H and O–H groups in total. The van der Waals surface area contributed by atoms with E-state index in [1.165, 1.54) is 11.4 Å². The van der Waals surface area contributed by atoms with E-state index in [4.69, 9.17) is 4.74 Å². The highest BCUT2D eigenvalue weighted by Gasteiger charge is 2.36. The first-order valence-corrected chi connectivity index (χ1v) is 14.1. The summed E-state index contributed by atoms with van der Waals surface area (Å²) in [5.74, 6) is -0.501. The van der Waals surface area contributed by atoms with Gasteiger partial charge in [-0.15, -0.1) is 0 Å². The van der Waals surface area contributed by atoms with Gasteiger partial charge < -0.3 is 25.4 Å². The number of hydrogen-bond acceptors (Lipinski definition) is 6. The Hall–Kier alpha value is -3.15. The predicted octanol–water partition coefficient (Wildman–Crippen LogP) is 3.07. The van der Waals surface area contributed by atoms with Crippen LogP contribution in [0.25, 0.3) is 0 Å². The number of rotatable bonds is 8. The van der Waals surface area contributed by atoms with Crippen molar-refractivity contribution in [1.29, 1.82) is 0 Å². The van der Waals surface area contributed by atoms with E-state index in [1.807, 2.05) is 27.7 Å². The molecule has 0 radical (unpaired) electrons. The molecule has 0 bridgehead atoms. The standard InChI is InChI=1S/C27H38N4O6S/c1-17(2)28-27(34)29-23-9-7-8-22-25(23)37-24(19(4)14-31(26(22)33)20(5)16-32)15-30(6)38(35,36)21-12-10-18(3)11-13-21/h7-13,17,19-20,24,32H,14-16H2,1-6H3,(H2,28,29,34)/t19-,20-,24-/m0/s1.